The highest BCUT2D eigenvalue weighted by molar-refractivity contribution is 5.82. The Balaban J connectivity index is 2.80. The van der Waals surface area contributed by atoms with Crippen molar-refractivity contribution in [1.29, 1.82) is 0 Å². The number of rotatable bonds is 2. The molecule has 0 spiro atoms. The van der Waals surface area contributed by atoms with Gasteiger partial charge in [0.1, 0.15) is 5.78 Å². The van der Waals surface area contributed by atoms with Crippen LogP contribution in [0.2, 0.25) is 0 Å². The number of hydrogen-bond acceptors (Lipinski definition) is 3. The van der Waals surface area contributed by atoms with Gasteiger partial charge in [0.05, 0.1) is 29.3 Å². The molecule has 0 saturated carbocycles. The molecule has 0 amide bonds. The standard InChI is InChI=1S/C12H9F3N2O2/c1-7(18)5-17-6-16-9-4-2-3-8(12(13,14)15)10(9)11(17)19/h2-4,6H,5H2,1H3. The number of nitrogens with zero attached hydrogens (tertiary/aromatic N) is 2. The van der Waals surface area contributed by atoms with E-state index in [1.54, 1.807) is 0 Å². The fraction of sp³-hybridized carbons (Fsp3) is 0.250. The van der Waals surface area contributed by atoms with Gasteiger partial charge in [-0.05, 0) is 19.1 Å². The SMILES string of the molecule is CC(=O)Cn1cnc2cccc(C(F)(F)F)c2c1=O. The molecule has 0 unspecified atom stereocenters. The van der Waals surface area contributed by atoms with E-state index >= 15 is 0 Å². The third-order valence-corrected chi connectivity index (χ3v) is 2.55. The normalized spacial score (nSPS) is 11.8. The molecule has 19 heavy (non-hydrogen) atoms. The second-order valence-electron chi connectivity index (χ2n) is 4.08. The lowest BCUT2D eigenvalue weighted by Gasteiger charge is -2.10. The molecular weight excluding hydrogens is 261 g/mol. The van der Waals surface area contributed by atoms with Crippen LogP contribution in [0.3, 0.4) is 0 Å². The van der Waals surface area contributed by atoms with Gasteiger partial charge in [0.25, 0.3) is 5.56 Å². The van der Waals surface area contributed by atoms with Crippen molar-refractivity contribution in [1.82, 2.24) is 9.55 Å². The molecule has 100 valence electrons. The molecule has 1 aromatic heterocycles. The average Bonchev–Trinajstić information content (AvgIpc) is 2.30. The minimum absolute atomic E-state index is 0.0420. The minimum atomic E-state index is -4.64. The lowest BCUT2D eigenvalue weighted by Crippen LogP contribution is -2.25. The zero-order chi connectivity index (χ0) is 14.2. The Hall–Kier alpha value is -2.18. The molecule has 7 heteroatoms. The van der Waals surface area contributed by atoms with Gasteiger partial charge in [-0.2, -0.15) is 13.2 Å². The van der Waals surface area contributed by atoms with Crippen LogP contribution >= 0.6 is 0 Å². The van der Waals surface area contributed by atoms with Crippen LogP contribution in [-0.4, -0.2) is 15.3 Å². The zero-order valence-corrected chi connectivity index (χ0v) is 9.86. The second-order valence-corrected chi connectivity index (χ2v) is 4.08. The summed E-state index contributed by atoms with van der Waals surface area (Å²) in [6.45, 7) is 0.945. The third kappa shape index (κ3) is 2.49. The number of Topliss-reactive ketones (excluding diaryl/α,β-unsaturated/α-hetero) is 1. The number of ketones is 1. The van der Waals surface area contributed by atoms with Crippen molar-refractivity contribution < 1.29 is 18.0 Å². The van der Waals surface area contributed by atoms with Crippen LogP contribution in [0.1, 0.15) is 12.5 Å². The second kappa shape index (κ2) is 4.49. The van der Waals surface area contributed by atoms with Gasteiger partial charge in [0.15, 0.2) is 0 Å². The summed E-state index contributed by atoms with van der Waals surface area (Å²) in [6, 6.07) is 3.33. The molecule has 0 bridgehead atoms. The van der Waals surface area contributed by atoms with Crippen LogP contribution in [0.15, 0.2) is 29.3 Å². The fourth-order valence-electron chi connectivity index (χ4n) is 1.79. The minimum Gasteiger partial charge on any atom is -0.298 e. The first-order valence-corrected chi connectivity index (χ1v) is 5.35. The number of hydrogen-bond donors (Lipinski definition) is 0. The van der Waals surface area contributed by atoms with Crippen LogP contribution in [0.5, 0.6) is 0 Å². The molecule has 0 N–H and O–H groups in total. The van der Waals surface area contributed by atoms with Crippen molar-refractivity contribution in [2.75, 3.05) is 0 Å². The van der Waals surface area contributed by atoms with E-state index in [2.05, 4.69) is 4.98 Å². The molecule has 0 aliphatic heterocycles. The van der Waals surface area contributed by atoms with Crippen molar-refractivity contribution in [3.8, 4) is 0 Å². The number of fused-ring (bicyclic) bond motifs is 1. The summed E-state index contributed by atoms with van der Waals surface area (Å²) in [4.78, 5) is 26.8. The van der Waals surface area contributed by atoms with Crippen LogP contribution in [0.25, 0.3) is 10.9 Å². The first kappa shape index (κ1) is 13.3. The Morgan fingerprint density at radius 3 is 2.63 bits per heavy atom. The Bertz CT molecular complexity index is 704. The summed E-state index contributed by atoms with van der Waals surface area (Å²) in [5.74, 6) is -0.340. The van der Waals surface area contributed by atoms with E-state index in [1.165, 1.54) is 19.1 Å². The number of carbonyl (C=O) groups excluding carboxylic acids is 1. The lowest BCUT2D eigenvalue weighted by molar-refractivity contribution is -0.136. The van der Waals surface area contributed by atoms with Gasteiger partial charge in [-0.1, -0.05) is 6.07 Å². The number of alkyl halides is 3. The van der Waals surface area contributed by atoms with Crippen molar-refractivity contribution in [2.45, 2.75) is 19.6 Å². The summed E-state index contributed by atoms with van der Waals surface area (Å²) in [7, 11) is 0. The number of carbonyl (C=O) groups is 1. The maximum Gasteiger partial charge on any atom is 0.417 e. The summed E-state index contributed by atoms with van der Waals surface area (Å²) >= 11 is 0. The molecule has 2 rings (SSSR count). The molecule has 0 atom stereocenters. The van der Waals surface area contributed by atoms with Gasteiger partial charge in [-0.3, -0.25) is 14.2 Å². The number of aromatic nitrogens is 2. The monoisotopic (exact) mass is 270 g/mol. The quantitative estimate of drug-likeness (QED) is 0.838. The topological polar surface area (TPSA) is 52.0 Å². The van der Waals surface area contributed by atoms with Gasteiger partial charge in [-0.25, -0.2) is 4.98 Å². The summed E-state index contributed by atoms with van der Waals surface area (Å²) in [5.41, 5.74) is -1.95. The summed E-state index contributed by atoms with van der Waals surface area (Å²) in [5, 5.41) is -0.515. The van der Waals surface area contributed by atoms with E-state index in [1.807, 2.05) is 0 Å². The maximum atomic E-state index is 12.8. The molecule has 0 saturated heterocycles. The third-order valence-electron chi connectivity index (χ3n) is 2.55. The molecular formula is C12H9F3N2O2. The van der Waals surface area contributed by atoms with E-state index < -0.39 is 22.7 Å². The largest absolute Gasteiger partial charge is 0.417 e. The van der Waals surface area contributed by atoms with Gasteiger partial charge in [-0.15, -0.1) is 0 Å². The van der Waals surface area contributed by atoms with Gasteiger partial charge < -0.3 is 0 Å². The number of benzene rings is 1. The average molecular weight is 270 g/mol. The van der Waals surface area contributed by atoms with E-state index in [4.69, 9.17) is 0 Å². The van der Waals surface area contributed by atoms with Crippen molar-refractivity contribution in [3.63, 3.8) is 0 Å². The Kier molecular flexibility index (Phi) is 3.13. The Morgan fingerprint density at radius 2 is 2.05 bits per heavy atom. The number of halogens is 3. The molecule has 4 nitrogen and oxygen atoms in total. The molecule has 1 heterocycles. The fourth-order valence-corrected chi connectivity index (χ4v) is 1.79. The van der Waals surface area contributed by atoms with Crippen LogP contribution in [0, 0.1) is 0 Å². The Morgan fingerprint density at radius 1 is 1.37 bits per heavy atom. The molecule has 2 aromatic rings. The first-order valence-electron chi connectivity index (χ1n) is 5.35. The van der Waals surface area contributed by atoms with Crippen LogP contribution in [-0.2, 0) is 17.5 Å². The van der Waals surface area contributed by atoms with E-state index in [0.29, 0.717) is 0 Å². The van der Waals surface area contributed by atoms with Gasteiger partial charge in [0.2, 0.25) is 0 Å². The van der Waals surface area contributed by atoms with E-state index in [9.17, 15) is 22.8 Å². The molecule has 1 aromatic carbocycles. The van der Waals surface area contributed by atoms with Crippen molar-refractivity contribution in [3.05, 3.63) is 40.4 Å². The zero-order valence-electron chi connectivity index (χ0n) is 9.86. The van der Waals surface area contributed by atoms with Gasteiger partial charge >= 0.3 is 6.18 Å². The highest BCUT2D eigenvalue weighted by atomic mass is 19.4. The first-order chi connectivity index (χ1) is 8.80. The molecule has 0 aliphatic rings. The van der Waals surface area contributed by atoms with Crippen LogP contribution < -0.4 is 5.56 Å². The maximum absolute atomic E-state index is 12.8. The molecule has 0 fully saturated rings. The molecule has 0 radical (unpaired) electrons. The van der Waals surface area contributed by atoms with E-state index in [0.717, 1.165) is 17.0 Å². The van der Waals surface area contributed by atoms with Crippen LogP contribution in [0.4, 0.5) is 13.2 Å². The summed E-state index contributed by atoms with van der Waals surface area (Å²) in [6.07, 6.45) is -3.57. The van der Waals surface area contributed by atoms with E-state index in [-0.39, 0.29) is 17.8 Å². The lowest BCUT2D eigenvalue weighted by atomic mass is 10.1. The van der Waals surface area contributed by atoms with Gasteiger partial charge in [0, 0.05) is 0 Å². The van der Waals surface area contributed by atoms with Crippen molar-refractivity contribution in [2.24, 2.45) is 0 Å². The smallest absolute Gasteiger partial charge is 0.298 e. The molecule has 0 aliphatic carbocycles. The predicted octanol–water partition coefficient (Wildman–Crippen LogP) is 2.00. The highest BCUT2D eigenvalue weighted by Gasteiger charge is 2.33. The predicted molar refractivity (Wildman–Crippen MR) is 61.7 cm³/mol. The van der Waals surface area contributed by atoms with Crippen molar-refractivity contribution >= 4 is 16.7 Å². The summed E-state index contributed by atoms with van der Waals surface area (Å²) < 4.78 is 39.4. The Labute approximate surface area is 105 Å². The highest BCUT2D eigenvalue weighted by Crippen LogP contribution is 2.32.